The number of esters is 3. The Morgan fingerprint density at radius 2 is 0.513 bits per heavy atom. The lowest BCUT2D eigenvalue weighted by atomic mass is 10.0. The molecule has 442 valence electrons. The summed E-state index contributed by atoms with van der Waals surface area (Å²) in [5, 5.41) is 0. The van der Waals surface area contributed by atoms with Crippen molar-refractivity contribution in [2.45, 2.75) is 354 Å². The molecule has 0 saturated carbocycles. The van der Waals surface area contributed by atoms with Gasteiger partial charge in [-0.3, -0.25) is 14.4 Å². The highest BCUT2D eigenvalue weighted by atomic mass is 16.6. The van der Waals surface area contributed by atoms with Gasteiger partial charge in [-0.2, -0.15) is 0 Å². The largest absolute Gasteiger partial charge is 0.462 e. The minimum atomic E-state index is -0.793. The third-order valence-electron chi connectivity index (χ3n) is 14.8. The molecule has 0 radical (unpaired) electrons. The molecular weight excluding hydrogens is 937 g/mol. The molecule has 1 unspecified atom stereocenters. The van der Waals surface area contributed by atoms with E-state index in [0.29, 0.717) is 19.3 Å². The van der Waals surface area contributed by atoms with Crippen LogP contribution in [0.25, 0.3) is 0 Å². The van der Waals surface area contributed by atoms with Crippen molar-refractivity contribution in [1.29, 1.82) is 0 Å². The van der Waals surface area contributed by atoms with Gasteiger partial charge in [-0.15, -0.1) is 0 Å². The smallest absolute Gasteiger partial charge is 0.306 e. The van der Waals surface area contributed by atoms with Gasteiger partial charge in [-0.05, 0) is 83.5 Å². The summed E-state index contributed by atoms with van der Waals surface area (Å²) in [4.78, 5) is 38.3. The first kappa shape index (κ1) is 73.1. The average molecular weight is 1060 g/mol. The summed E-state index contributed by atoms with van der Waals surface area (Å²) >= 11 is 0. The van der Waals surface area contributed by atoms with Crippen LogP contribution in [0.15, 0.2) is 60.8 Å². The van der Waals surface area contributed by atoms with Gasteiger partial charge in [0, 0.05) is 19.3 Å². The normalized spacial score (nSPS) is 12.4. The molecule has 0 aromatic rings. The van der Waals surface area contributed by atoms with Gasteiger partial charge in [0.05, 0.1) is 0 Å². The highest BCUT2D eigenvalue weighted by Gasteiger charge is 2.19. The molecule has 0 aliphatic carbocycles. The summed E-state index contributed by atoms with van der Waals surface area (Å²) in [5.74, 6) is -0.915. The second-order valence-corrected chi connectivity index (χ2v) is 22.4. The number of ether oxygens (including phenoxy) is 3. The lowest BCUT2D eigenvalue weighted by molar-refractivity contribution is -0.167. The van der Waals surface area contributed by atoms with E-state index in [1.807, 2.05) is 0 Å². The van der Waals surface area contributed by atoms with E-state index in [-0.39, 0.29) is 31.1 Å². The highest BCUT2D eigenvalue weighted by Crippen LogP contribution is 2.18. The van der Waals surface area contributed by atoms with Gasteiger partial charge in [0.1, 0.15) is 13.2 Å². The van der Waals surface area contributed by atoms with E-state index in [9.17, 15) is 14.4 Å². The first-order valence-electron chi connectivity index (χ1n) is 33.3. The molecule has 0 spiro atoms. The number of unbranched alkanes of at least 4 members (excludes halogenated alkanes) is 40. The zero-order valence-electron chi connectivity index (χ0n) is 50.8. The minimum Gasteiger partial charge on any atom is -0.462 e. The summed E-state index contributed by atoms with van der Waals surface area (Å²) in [5.41, 5.74) is 0. The molecule has 0 saturated heterocycles. The summed E-state index contributed by atoms with van der Waals surface area (Å²) in [7, 11) is 0. The molecule has 76 heavy (non-hydrogen) atoms. The zero-order valence-corrected chi connectivity index (χ0v) is 50.8. The van der Waals surface area contributed by atoms with E-state index >= 15 is 0 Å². The number of hydrogen-bond acceptors (Lipinski definition) is 6. The fraction of sp³-hybridized carbons (Fsp3) is 0.814. The molecule has 0 aromatic heterocycles. The maximum atomic E-state index is 12.9. The Bertz CT molecular complexity index is 1360. The second kappa shape index (κ2) is 64.6. The third kappa shape index (κ3) is 62.0. The molecule has 6 nitrogen and oxygen atoms in total. The van der Waals surface area contributed by atoms with Gasteiger partial charge in [0.2, 0.25) is 0 Å². The van der Waals surface area contributed by atoms with E-state index < -0.39 is 6.10 Å². The Balaban J connectivity index is 4.28. The lowest BCUT2D eigenvalue weighted by Gasteiger charge is -2.18. The number of carbonyl (C=O) groups excluding carboxylic acids is 3. The maximum absolute atomic E-state index is 12.9. The molecule has 0 bridgehead atoms. The lowest BCUT2D eigenvalue weighted by Crippen LogP contribution is -2.30. The van der Waals surface area contributed by atoms with Crippen molar-refractivity contribution in [1.82, 2.24) is 0 Å². The van der Waals surface area contributed by atoms with Crippen molar-refractivity contribution in [3.05, 3.63) is 60.8 Å². The molecule has 0 fully saturated rings. The van der Waals surface area contributed by atoms with Gasteiger partial charge in [0.25, 0.3) is 0 Å². The zero-order chi connectivity index (χ0) is 55.0. The summed E-state index contributed by atoms with van der Waals surface area (Å²) in [6.45, 7) is 6.54. The first-order chi connectivity index (χ1) is 37.5. The van der Waals surface area contributed by atoms with Crippen LogP contribution in [-0.4, -0.2) is 37.2 Å². The Hall–Kier alpha value is -2.89. The monoisotopic (exact) mass is 1060 g/mol. The van der Waals surface area contributed by atoms with Crippen molar-refractivity contribution in [3.63, 3.8) is 0 Å². The van der Waals surface area contributed by atoms with E-state index in [2.05, 4.69) is 81.5 Å². The maximum Gasteiger partial charge on any atom is 0.306 e. The van der Waals surface area contributed by atoms with Crippen molar-refractivity contribution >= 4 is 17.9 Å². The van der Waals surface area contributed by atoms with Crippen LogP contribution >= 0.6 is 0 Å². The van der Waals surface area contributed by atoms with Crippen LogP contribution in [0.2, 0.25) is 0 Å². The van der Waals surface area contributed by atoms with Gasteiger partial charge in [-0.1, -0.05) is 306 Å². The highest BCUT2D eigenvalue weighted by molar-refractivity contribution is 5.71. The molecule has 1 atom stereocenters. The van der Waals surface area contributed by atoms with Crippen LogP contribution in [0.3, 0.4) is 0 Å². The SMILES string of the molecule is CC/C=C\C/C=C\C/C=C\C/C=C\CCCCC(=O)OCC(COC(=O)CCCCCCCCCCCCCCCCCCCCCCCCCCCC)OC(=O)CCCCCCCCC/C=C\CCCCCCCC. The van der Waals surface area contributed by atoms with Crippen molar-refractivity contribution in [2.75, 3.05) is 13.2 Å². The number of carbonyl (C=O) groups is 3. The number of rotatable bonds is 61. The molecule has 0 N–H and O–H groups in total. The first-order valence-corrected chi connectivity index (χ1v) is 33.3. The van der Waals surface area contributed by atoms with E-state index in [1.54, 1.807) is 0 Å². The van der Waals surface area contributed by atoms with E-state index in [4.69, 9.17) is 14.2 Å². The minimum absolute atomic E-state index is 0.0859. The van der Waals surface area contributed by atoms with Crippen LogP contribution in [0.4, 0.5) is 0 Å². The summed E-state index contributed by atoms with van der Waals surface area (Å²) in [6, 6.07) is 0. The van der Waals surface area contributed by atoms with Gasteiger partial charge >= 0.3 is 17.9 Å². The van der Waals surface area contributed by atoms with Crippen LogP contribution in [0.1, 0.15) is 348 Å². The molecule has 0 heterocycles. The summed E-state index contributed by atoms with van der Waals surface area (Å²) in [6.07, 6.45) is 82.5. The molecule has 0 rings (SSSR count). The Labute approximate surface area is 472 Å². The van der Waals surface area contributed by atoms with Crippen molar-refractivity contribution < 1.29 is 28.6 Å². The van der Waals surface area contributed by atoms with Gasteiger partial charge in [0.15, 0.2) is 6.10 Å². The third-order valence-corrected chi connectivity index (χ3v) is 14.8. The van der Waals surface area contributed by atoms with Crippen molar-refractivity contribution in [2.24, 2.45) is 0 Å². The molecule has 0 amide bonds. The van der Waals surface area contributed by atoms with E-state index in [1.165, 1.54) is 225 Å². The van der Waals surface area contributed by atoms with Gasteiger partial charge < -0.3 is 14.2 Å². The Morgan fingerprint density at radius 1 is 0.276 bits per heavy atom. The van der Waals surface area contributed by atoms with E-state index in [0.717, 1.165) is 83.5 Å². The van der Waals surface area contributed by atoms with Crippen LogP contribution in [-0.2, 0) is 28.6 Å². The van der Waals surface area contributed by atoms with Crippen molar-refractivity contribution in [3.8, 4) is 0 Å². The molecule has 0 aromatic carbocycles. The Kier molecular flexibility index (Phi) is 62.2. The molecular formula is C70H126O6. The van der Waals surface area contributed by atoms with Crippen LogP contribution in [0.5, 0.6) is 0 Å². The second-order valence-electron chi connectivity index (χ2n) is 22.4. The molecule has 0 aliphatic rings. The van der Waals surface area contributed by atoms with Gasteiger partial charge in [-0.25, -0.2) is 0 Å². The fourth-order valence-corrected chi connectivity index (χ4v) is 9.79. The number of allylic oxidation sites excluding steroid dienone is 10. The average Bonchev–Trinajstić information content (AvgIpc) is 3.42. The molecule has 0 aliphatic heterocycles. The standard InChI is InChI=1S/C70H126O6/c1-4-7-10-13-16-19-22-25-28-30-31-32-33-34-35-36-37-38-40-42-45-48-51-54-57-60-63-69(72)75-66-67(65-74-68(71)62-59-56-53-50-47-44-41-27-24-21-18-15-12-9-6-3)76-70(73)64-61-58-55-52-49-46-43-39-29-26-23-20-17-14-11-8-5-2/h9,12,18,21,26-27,29,41,47,50,67H,4-8,10-11,13-17,19-20,22-25,28,30-40,42-46,48-49,51-66H2,1-3H3/b12-9-,21-18-,29-26-,41-27-,50-47-. The fourth-order valence-electron chi connectivity index (χ4n) is 9.79. The van der Waals surface area contributed by atoms with Crippen LogP contribution < -0.4 is 0 Å². The predicted molar refractivity (Wildman–Crippen MR) is 330 cm³/mol. The topological polar surface area (TPSA) is 78.9 Å². The summed E-state index contributed by atoms with van der Waals surface area (Å²) < 4.78 is 16.9. The Morgan fingerprint density at radius 3 is 0.842 bits per heavy atom. The number of hydrogen-bond donors (Lipinski definition) is 0. The quantitative estimate of drug-likeness (QED) is 0.0261. The van der Waals surface area contributed by atoms with Crippen LogP contribution in [0, 0.1) is 0 Å². The predicted octanol–water partition coefficient (Wildman–Crippen LogP) is 22.7. The molecule has 6 heteroatoms.